The van der Waals surface area contributed by atoms with Gasteiger partial charge in [-0.3, -0.25) is 4.79 Å². The van der Waals surface area contributed by atoms with E-state index >= 15 is 0 Å². The van der Waals surface area contributed by atoms with Crippen molar-refractivity contribution in [2.24, 2.45) is 0 Å². The first-order chi connectivity index (χ1) is 9.36. The molecule has 0 saturated carbocycles. The minimum absolute atomic E-state index is 0.0850. The van der Waals surface area contributed by atoms with Crippen molar-refractivity contribution in [1.29, 1.82) is 0 Å². The maximum Gasteiger partial charge on any atom is 0.258 e. The van der Waals surface area contributed by atoms with Crippen molar-refractivity contribution in [1.82, 2.24) is 0 Å². The number of aryl methyl sites for hydroxylation is 2. The van der Waals surface area contributed by atoms with Crippen molar-refractivity contribution >= 4 is 39.1 Å². The van der Waals surface area contributed by atoms with E-state index in [9.17, 15) is 4.79 Å². The second kappa shape index (κ2) is 5.98. The molecule has 0 heterocycles. The molecule has 0 aliphatic heterocycles. The standard InChI is InChI=1S/C16H15BrClNO/c1-10-4-11(2)6-15(5-10)19(3)16(20)12-7-13(17)9-14(18)8-12/h4-9H,1-3H3. The molecule has 0 aromatic heterocycles. The summed E-state index contributed by atoms with van der Waals surface area (Å²) >= 11 is 9.35. The van der Waals surface area contributed by atoms with Gasteiger partial charge >= 0.3 is 0 Å². The van der Waals surface area contributed by atoms with Gasteiger partial charge < -0.3 is 4.90 Å². The number of hydrogen-bond acceptors (Lipinski definition) is 1. The summed E-state index contributed by atoms with van der Waals surface area (Å²) < 4.78 is 0.794. The highest BCUT2D eigenvalue weighted by Crippen LogP contribution is 2.23. The second-order valence-electron chi connectivity index (χ2n) is 4.87. The fourth-order valence-electron chi connectivity index (χ4n) is 2.13. The Morgan fingerprint density at radius 1 is 1.05 bits per heavy atom. The van der Waals surface area contributed by atoms with Crippen molar-refractivity contribution in [2.75, 3.05) is 11.9 Å². The van der Waals surface area contributed by atoms with E-state index < -0.39 is 0 Å². The molecule has 0 atom stereocenters. The zero-order chi connectivity index (χ0) is 14.9. The number of rotatable bonds is 2. The molecule has 0 bridgehead atoms. The van der Waals surface area contributed by atoms with Crippen LogP contribution < -0.4 is 4.90 Å². The fraction of sp³-hybridized carbons (Fsp3) is 0.188. The minimum atomic E-state index is -0.0850. The van der Waals surface area contributed by atoms with Gasteiger partial charge in [-0.05, 0) is 55.3 Å². The van der Waals surface area contributed by atoms with Crippen LogP contribution in [0.3, 0.4) is 0 Å². The zero-order valence-corrected chi connectivity index (χ0v) is 13.9. The van der Waals surface area contributed by atoms with Gasteiger partial charge in [0.1, 0.15) is 0 Å². The average molecular weight is 353 g/mol. The monoisotopic (exact) mass is 351 g/mol. The van der Waals surface area contributed by atoms with E-state index in [4.69, 9.17) is 11.6 Å². The first-order valence-corrected chi connectivity index (χ1v) is 7.36. The number of benzene rings is 2. The van der Waals surface area contributed by atoms with Gasteiger partial charge in [0.15, 0.2) is 0 Å². The lowest BCUT2D eigenvalue weighted by Gasteiger charge is -2.19. The van der Waals surface area contributed by atoms with E-state index in [2.05, 4.69) is 22.0 Å². The summed E-state index contributed by atoms with van der Waals surface area (Å²) in [6.07, 6.45) is 0. The first-order valence-electron chi connectivity index (χ1n) is 6.19. The Balaban J connectivity index is 2.36. The van der Waals surface area contributed by atoms with Gasteiger partial charge in [-0.1, -0.05) is 33.6 Å². The van der Waals surface area contributed by atoms with Crippen LogP contribution in [0.1, 0.15) is 21.5 Å². The van der Waals surface area contributed by atoms with Crippen LogP contribution in [-0.4, -0.2) is 13.0 Å². The third-order valence-corrected chi connectivity index (χ3v) is 3.68. The topological polar surface area (TPSA) is 20.3 Å². The van der Waals surface area contributed by atoms with E-state index in [1.165, 1.54) is 0 Å². The summed E-state index contributed by atoms with van der Waals surface area (Å²) in [5, 5.41) is 0.538. The van der Waals surface area contributed by atoms with Crippen molar-refractivity contribution in [3.05, 3.63) is 62.6 Å². The number of nitrogens with zero attached hydrogens (tertiary/aromatic N) is 1. The largest absolute Gasteiger partial charge is 0.311 e. The van der Waals surface area contributed by atoms with Crippen molar-refractivity contribution in [3.8, 4) is 0 Å². The fourth-order valence-corrected chi connectivity index (χ4v) is 2.99. The lowest BCUT2D eigenvalue weighted by Crippen LogP contribution is -2.26. The minimum Gasteiger partial charge on any atom is -0.311 e. The van der Waals surface area contributed by atoms with Crippen LogP contribution in [0.25, 0.3) is 0 Å². The number of carbonyl (C=O) groups excluding carboxylic acids is 1. The number of hydrogen-bond donors (Lipinski definition) is 0. The molecule has 2 rings (SSSR count). The molecular formula is C16H15BrClNO. The molecule has 2 aromatic rings. The van der Waals surface area contributed by atoms with Gasteiger partial charge in [0.25, 0.3) is 5.91 Å². The molecule has 0 radical (unpaired) electrons. The summed E-state index contributed by atoms with van der Waals surface area (Å²) in [4.78, 5) is 14.2. The number of anilines is 1. The van der Waals surface area contributed by atoms with Crippen LogP contribution in [-0.2, 0) is 0 Å². The van der Waals surface area contributed by atoms with Crippen molar-refractivity contribution < 1.29 is 4.79 Å². The third kappa shape index (κ3) is 3.41. The molecule has 1 amide bonds. The smallest absolute Gasteiger partial charge is 0.258 e. The van der Waals surface area contributed by atoms with Gasteiger partial charge in [-0.15, -0.1) is 0 Å². The van der Waals surface area contributed by atoms with Crippen LogP contribution in [0.2, 0.25) is 5.02 Å². The Morgan fingerprint density at radius 2 is 1.65 bits per heavy atom. The Labute approximate surface area is 132 Å². The molecule has 4 heteroatoms. The third-order valence-electron chi connectivity index (χ3n) is 3.01. The summed E-state index contributed by atoms with van der Waals surface area (Å²) in [5.41, 5.74) is 3.70. The quantitative estimate of drug-likeness (QED) is 0.745. The lowest BCUT2D eigenvalue weighted by atomic mass is 10.1. The molecule has 0 spiro atoms. The summed E-state index contributed by atoms with van der Waals surface area (Å²) in [5.74, 6) is -0.0850. The Bertz CT molecular complexity index is 629. The first kappa shape index (κ1) is 15.1. The normalized spacial score (nSPS) is 10.4. The van der Waals surface area contributed by atoms with Crippen LogP contribution in [0, 0.1) is 13.8 Å². The molecule has 2 aromatic carbocycles. The number of halogens is 2. The molecule has 0 fully saturated rings. The Kier molecular flexibility index (Phi) is 4.51. The highest BCUT2D eigenvalue weighted by Gasteiger charge is 2.15. The highest BCUT2D eigenvalue weighted by atomic mass is 79.9. The van der Waals surface area contributed by atoms with Crippen LogP contribution in [0.4, 0.5) is 5.69 Å². The summed E-state index contributed by atoms with van der Waals surface area (Å²) in [6.45, 7) is 4.04. The van der Waals surface area contributed by atoms with E-state index in [1.54, 1.807) is 30.1 Å². The van der Waals surface area contributed by atoms with E-state index in [0.29, 0.717) is 10.6 Å². The van der Waals surface area contributed by atoms with Crippen molar-refractivity contribution in [3.63, 3.8) is 0 Å². The molecule has 0 aliphatic carbocycles. The summed E-state index contributed by atoms with van der Waals surface area (Å²) in [6, 6.07) is 11.3. The average Bonchev–Trinajstić information content (AvgIpc) is 2.34. The summed E-state index contributed by atoms with van der Waals surface area (Å²) in [7, 11) is 1.77. The lowest BCUT2D eigenvalue weighted by molar-refractivity contribution is 0.0993. The SMILES string of the molecule is Cc1cc(C)cc(N(C)C(=O)c2cc(Cl)cc(Br)c2)c1. The zero-order valence-electron chi connectivity index (χ0n) is 11.6. The Hall–Kier alpha value is -1.32. The molecule has 2 nitrogen and oxygen atoms in total. The van der Waals surface area contributed by atoms with Crippen molar-refractivity contribution in [2.45, 2.75) is 13.8 Å². The van der Waals surface area contributed by atoms with Gasteiger partial charge in [-0.25, -0.2) is 0 Å². The van der Waals surface area contributed by atoms with E-state index in [-0.39, 0.29) is 5.91 Å². The molecule has 104 valence electrons. The van der Waals surface area contributed by atoms with E-state index in [0.717, 1.165) is 21.3 Å². The maximum atomic E-state index is 12.5. The predicted molar refractivity (Wildman–Crippen MR) is 87.8 cm³/mol. The molecule has 0 saturated heterocycles. The van der Waals surface area contributed by atoms with Gasteiger partial charge in [0.05, 0.1) is 0 Å². The second-order valence-corrected chi connectivity index (χ2v) is 6.22. The predicted octanol–water partition coefficient (Wildman–Crippen LogP) is 5.00. The molecule has 20 heavy (non-hydrogen) atoms. The van der Waals surface area contributed by atoms with Gasteiger partial charge in [0.2, 0.25) is 0 Å². The molecular weight excluding hydrogens is 338 g/mol. The molecule has 0 unspecified atom stereocenters. The van der Waals surface area contributed by atoms with Crippen LogP contribution >= 0.6 is 27.5 Å². The van der Waals surface area contributed by atoms with Gasteiger partial charge in [0, 0.05) is 27.8 Å². The number of carbonyl (C=O) groups is 1. The highest BCUT2D eigenvalue weighted by molar-refractivity contribution is 9.10. The van der Waals surface area contributed by atoms with E-state index in [1.807, 2.05) is 26.0 Å². The molecule has 0 N–H and O–H groups in total. The Morgan fingerprint density at radius 3 is 2.20 bits per heavy atom. The van der Waals surface area contributed by atoms with Crippen LogP contribution in [0.5, 0.6) is 0 Å². The molecule has 0 aliphatic rings. The maximum absolute atomic E-state index is 12.5. The van der Waals surface area contributed by atoms with Crippen LogP contribution in [0.15, 0.2) is 40.9 Å². The number of amides is 1. The van der Waals surface area contributed by atoms with Gasteiger partial charge in [-0.2, -0.15) is 0 Å².